The summed E-state index contributed by atoms with van der Waals surface area (Å²) in [5.74, 6) is -0.148. The Hall–Kier alpha value is -1.38. The number of amides is 1. The van der Waals surface area contributed by atoms with Crippen LogP contribution < -0.4 is 5.73 Å². The van der Waals surface area contributed by atoms with Gasteiger partial charge in [0.25, 0.3) is 0 Å². The molecule has 1 heterocycles. The highest BCUT2D eigenvalue weighted by molar-refractivity contribution is 7.10. The van der Waals surface area contributed by atoms with Gasteiger partial charge in [-0.3, -0.25) is 4.79 Å². The molecule has 0 fully saturated rings. The SMILES string of the molecule is CC(CC#N)N(C)C(=O)C(N)c1cccs1. The predicted octanol–water partition coefficient (Wildman–Crippen LogP) is 1.51. The van der Waals surface area contributed by atoms with Crippen LogP contribution in [0.2, 0.25) is 0 Å². The van der Waals surface area contributed by atoms with Gasteiger partial charge in [-0.1, -0.05) is 6.07 Å². The largest absolute Gasteiger partial charge is 0.340 e. The summed E-state index contributed by atoms with van der Waals surface area (Å²) in [6, 6.07) is 5.03. The Bertz CT molecular complexity index is 382. The van der Waals surface area contributed by atoms with Gasteiger partial charge in [0.2, 0.25) is 5.91 Å². The molecule has 4 nitrogen and oxygen atoms in total. The number of hydrogen-bond donors (Lipinski definition) is 1. The van der Waals surface area contributed by atoms with Crippen molar-refractivity contribution >= 4 is 17.2 Å². The fraction of sp³-hybridized carbons (Fsp3) is 0.455. The van der Waals surface area contributed by atoms with E-state index in [1.165, 1.54) is 16.2 Å². The quantitative estimate of drug-likeness (QED) is 0.862. The minimum Gasteiger partial charge on any atom is -0.340 e. The van der Waals surface area contributed by atoms with Gasteiger partial charge in [-0.25, -0.2) is 0 Å². The van der Waals surface area contributed by atoms with Crippen molar-refractivity contribution in [1.29, 1.82) is 5.26 Å². The fourth-order valence-corrected chi connectivity index (χ4v) is 2.01. The summed E-state index contributed by atoms with van der Waals surface area (Å²) in [6.45, 7) is 1.84. The Balaban J connectivity index is 2.68. The van der Waals surface area contributed by atoms with E-state index in [1.807, 2.05) is 30.5 Å². The molecular formula is C11H15N3OS. The highest BCUT2D eigenvalue weighted by atomic mass is 32.1. The van der Waals surface area contributed by atoms with Gasteiger partial charge >= 0.3 is 0 Å². The number of nitrogens with zero attached hydrogens (tertiary/aromatic N) is 2. The van der Waals surface area contributed by atoms with E-state index in [0.29, 0.717) is 6.42 Å². The molecule has 0 aliphatic carbocycles. The first-order chi connectivity index (χ1) is 7.57. The van der Waals surface area contributed by atoms with E-state index in [4.69, 9.17) is 11.0 Å². The molecule has 2 unspecified atom stereocenters. The molecule has 0 aromatic carbocycles. The van der Waals surface area contributed by atoms with E-state index in [0.717, 1.165) is 4.88 Å². The van der Waals surface area contributed by atoms with Crippen LogP contribution in [0.5, 0.6) is 0 Å². The number of likely N-dealkylation sites (N-methyl/N-ethyl adjacent to an activating group) is 1. The Morgan fingerprint density at radius 1 is 1.75 bits per heavy atom. The zero-order valence-electron chi connectivity index (χ0n) is 9.38. The Morgan fingerprint density at radius 3 is 2.94 bits per heavy atom. The van der Waals surface area contributed by atoms with Gasteiger partial charge in [-0.2, -0.15) is 5.26 Å². The number of carbonyl (C=O) groups is 1. The van der Waals surface area contributed by atoms with Crippen molar-refractivity contribution in [3.05, 3.63) is 22.4 Å². The second kappa shape index (κ2) is 5.64. The summed E-state index contributed by atoms with van der Waals surface area (Å²) in [7, 11) is 1.68. The molecule has 1 aromatic heterocycles. The van der Waals surface area contributed by atoms with Crippen molar-refractivity contribution in [2.75, 3.05) is 7.05 Å². The molecule has 86 valence electrons. The maximum absolute atomic E-state index is 12.0. The van der Waals surface area contributed by atoms with Crippen molar-refractivity contribution in [3.8, 4) is 6.07 Å². The van der Waals surface area contributed by atoms with Gasteiger partial charge in [0.1, 0.15) is 6.04 Å². The van der Waals surface area contributed by atoms with Crippen LogP contribution in [0.1, 0.15) is 24.3 Å². The summed E-state index contributed by atoms with van der Waals surface area (Å²) >= 11 is 1.46. The topological polar surface area (TPSA) is 70.1 Å². The van der Waals surface area contributed by atoms with Crippen LogP contribution in [0.15, 0.2) is 17.5 Å². The second-order valence-corrected chi connectivity index (χ2v) is 4.63. The number of nitriles is 1. The predicted molar refractivity (Wildman–Crippen MR) is 63.7 cm³/mol. The molecule has 0 saturated heterocycles. The Kier molecular flexibility index (Phi) is 4.47. The molecule has 1 amide bonds. The maximum atomic E-state index is 12.0. The fourth-order valence-electron chi connectivity index (χ4n) is 1.30. The van der Waals surface area contributed by atoms with Gasteiger partial charge in [0, 0.05) is 18.0 Å². The third kappa shape index (κ3) is 2.81. The molecule has 0 aliphatic rings. The molecule has 1 rings (SSSR count). The van der Waals surface area contributed by atoms with Crippen LogP contribution >= 0.6 is 11.3 Å². The molecule has 0 bridgehead atoms. The van der Waals surface area contributed by atoms with Crippen LogP contribution in [0, 0.1) is 11.3 Å². The Labute approximate surface area is 99.3 Å². The standard InChI is InChI=1S/C11H15N3OS/c1-8(5-6-12)14(2)11(15)10(13)9-4-3-7-16-9/h3-4,7-8,10H,5,13H2,1-2H3. The summed E-state index contributed by atoms with van der Waals surface area (Å²) < 4.78 is 0. The van der Waals surface area contributed by atoms with E-state index >= 15 is 0 Å². The van der Waals surface area contributed by atoms with Gasteiger partial charge in [0.15, 0.2) is 0 Å². The first-order valence-corrected chi connectivity index (χ1v) is 5.88. The zero-order chi connectivity index (χ0) is 12.1. The first-order valence-electron chi connectivity index (χ1n) is 5.00. The lowest BCUT2D eigenvalue weighted by Gasteiger charge is -2.25. The van der Waals surface area contributed by atoms with E-state index in [-0.39, 0.29) is 11.9 Å². The van der Waals surface area contributed by atoms with Crippen LogP contribution in [-0.2, 0) is 4.79 Å². The first kappa shape index (κ1) is 12.7. The Morgan fingerprint density at radius 2 is 2.44 bits per heavy atom. The van der Waals surface area contributed by atoms with E-state index in [9.17, 15) is 4.79 Å². The smallest absolute Gasteiger partial charge is 0.244 e. The summed E-state index contributed by atoms with van der Waals surface area (Å²) in [5, 5.41) is 10.5. The molecule has 2 N–H and O–H groups in total. The number of hydrogen-bond acceptors (Lipinski definition) is 4. The van der Waals surface area contributed by atoms with Crippen molar-refractivity contribution in [2.45, 2.75) is 25.4 Å². The lowest BCUT2D eigenvalue weighted by Crippen LogP contribution is -2.40. The minimum atomic E-state index is -0.619. The van der Waals surface area contributed by atoms with Crippen molar-refractivity contribution in [1.82, 2.24) is 4.90 Å². The highest BCUT2D eigenvalue weighted by Crippen LogP contribution is 2.19. The highest BCUT2D eigenvalue weighted by Gasteiger charge is 2.23. The normalized spacial score (nSPS) is 13.9. The van der Waals surface area contributed by atoms with Gasteiger partial charge < -0.3 is 10.6 Å². The van der Waals surface area contributed by atoms with Crippen molar-refractivity contribution in [3.63, 3.8) is 0 Å². The molecule has 16 heavy (non-hydrogen) atoms. The molecule has 1 aromatic rings. The lowest BCUT2D eigenvalue weighted by molar-refractivity contribution is -0.133. The van der Waals surface area contributed by atoms with Crippen molar-refractivity contribution in [2.24, 2.45) is 5.73 Å². The molecule has 0 aliphatic heterocycles. The number of carbonyl (C=O) groups excluding carboxylic acids is 1. The molecule has 5 heteroatoms. The molecule has 0 radical (unpaired) electrons. The third-order valence-electron chi connectivity index (χ3n) is 2.51. The lowest BCUT2D eigenvalue weighted by atomic mass is 10.1. The second-order valence-electron chi connectivity index (χ2n) is 3.65. The van der Waals surface area contributed by atoms with Crippen LogP contribution in [-0.4, -0.2) is 23.9 Å². The summed E-state index contributed by atoms with van der Waals surface area (Å²) in [5.41, 5.74) is 5.85. The van der Waals surface area contributed by atoms with Gasteiger partial charge in [0.05, 0.1) is 12.5 Å². The zero-order valence-corrected chi connectivity index (χ0v) is 10.2. The monoisotopic (exact) mass is 237 g/mol. The number of nitrogens with two attached hydrogens (primary N) is 1. The van der Waals surface area contributed by atoms with E-state index in [2.05, 4.69) is 0 Å². The minimum absolute atomic E-state index is 0.108. The number of rotatable bonds is 4. The summed E-state index contributed by atoms with van der Waals surface area (Å²) in [6.07, 6.45) is 0.319. The summed E-state index contributed by atoms with van der Waals surface area (Å²) in [4.78, 5) is 14.3. The van der Waals surface area contributed by atoms with Crippen LogP contribution in [0.3, 0.4) is 0 Å². The maximum Gasteiger partial charge on any atom is 0.244 e. The molecular weight excluding hydrogens is 222 g/mol. The molecule has 2 atom stereocenters. The van der Waals surface area contributed by atoms with Gasteiger partial charge in [-0.15, -0.1) is 11.3 Å². The average molecular weight is 237 g/mol. The molecule has 0 saturated carbocycles. The average Bonchev–Trinajstić information content (AvgIpc) is 2.79. The van der Waals surface area contributed by atoms with Crippen LogP contribution in [0.25, 0.3) is 0 Å². The number of thiophene rings is 1. The third-order valence-corrected chi connectivity index (χ3v) is 3.47. The van der Waals surface area contributed by atoms with Gasteiger partial charge in [-0.05, 0) is 18.4 Å². The van der Waals surface area contributed by atoms with E-state index in [1.54, 1.807) is 7.05 Å². The van der Waals surface area contributed by atoms with Crippen LogP contribution in [0.4, 0.5) is 0 Å². The van der Waals surface area contributed by atoms with E-state index < -0.39 is 6.04 Å². The molecule has 0 spiro atoms. The van der Waals surface area contributed by atoms with Crippen molar-refractivity contribution < 1.29 is 4.79 Å².